The van der Waals surface area contributed by atoms with E-state index >= 15 is 0 Å². The Hall–Kier alpha value is -1.32. The Morgan fingerprint density at radius 1 is 1.10 bits per heavy atom. The van der Waals surface area contributed by atoms with Gasteiger partial charge in [-0.25, -0.2) is 0 Å². The third kappa shape index (κ3) is 3.05. The first-order valence-corrected chi connectivity index (χ1v) is 7.44. The molecule has 0 bridgehead atoms. The van der Waals surface area contributed by atoms with Crippen molar-refractivity contribution in [2.24, 2.45) is 0 Å². The summed E-state index contributed by atoms with van der Waals surface area (Å²) in [5.74, 6) is 0.935. The molecule has 0 amide bonds. The van der Waals surface area contributed by atoms with Crippen LogP contribution in [0.15, 0.2) is 40.9 Å². The van der Waals surface area contributed by atoms with Crippen molar-refractivity contribution in [3.05, 3.63) is 63.1 Å². The van der Waals surface area contributed by atoms with E-state index in [4.69, 9.17) is 4.74 Å². The van der Waals surface area contributed by atoms with E-state index in [0.717, 1.165) is 10.2 Å². The summed E-state index contributed by atoms with van der Waals surface area (Å²) in [5, 5.41) is 3.39. The number of hydrogen-bond donors (Lipinski definition) is 1. The standard InChI is InChI=1S/C17H20BrNO/c1-11-9-12(2)16(15(10-11)20-4)17(19-3)13-5-7-14(18)8-6-13/h5-10,17,19H,1-4H3. The average molecular weight is 334 g/mol. The monoisotopic (exact) mass is 333 g/mol. The largest absolute Gasteiger partial charge is 0.496 e. The SMILES string of the molecule is CNC(c1ccc(Br)cc1)c1c(C)cc(C)cc1OC. The van der Waals surface area contributed by atoms with Crippen LogP contribution >= 0.6 is 15.9 Å². The van der Waals surface area contributed by atoms with Crippen LogP contribution in [0, 0.1) is 13.8 Å². The highest BCUT2D eigenvalue weighted by molar-refractivity contribution is 9.10. The van der Waals surface area contributed by atoms with Crippen molar-refractivity contribution in [2.45, 2.75) is 19.9 Å². The molecule has 0 radical (unpaired) electrons. The Bertz CT molecular complexity index is 593. The second-order valence-corrected chi connectivity index (χ2v) is 5.89. The van der Waals surface area contributed by atoms with Gasteiger partial charge in [0.25, 0.3) is 0 Å². The van der Waals surface area contributed by atoms with Gasteiger partial charge in [0.15, 0.2) is 0 Å². The van der Waals surface area contributed by atoms with Gasteiger partial charge in [-0.3, -0.25) is 0 Å². The number of halogens is 1. The zero-order valence-corrected chi connectivity index (χ0v) is 13.9. The van der Waals surface area contributed by atoms with Crippen molar-refractivity contribution in [1.29, 1.82) is 0 Å². The van der Waals surface area contributed by atoms with Gasteiger partial charge in [0.1, 0.15) is 5.75 Å². The fourth-order valence-corrected chi connectivity index (χ4v) is 2.88. The third-order valence-corrected chi connectivity index (χ3v) is 4.02. The Kier molecular flexibility index (Phi) is 4.84. The summed E-state index contributed by atoms with van der Waals surface area (Å²) in [5.41, 5.74) is 4.88. The highest BCUT2D eigenvalue weighted by Crippen LogP contribution is 2.34. The van der Waals surface area contributed by atoms with Crippen molar-refractivity contribution in [2.75, 3.05) is 14.2 Å². The zero-order chi connectivity index (χ0) is 14.7. The predicted octanol–water partition coefficient (Wildman–Crippen LogP) is 4.38. The molecule has 0 aliphatic carbocycles. The van der Waals surface area contributed by atoms with Crippen LogP contribution in [0.4, 0.5) is 0 Å². The Labute approximate surface area is 129 Å². The van der Waals surface area contributed by atoms with Gasteiger partial charge in [-0.15, -0.1) is 0 Å². The summed E-state index contributed by atoms with van der Waals surface area (Å²) in [6.45, 7) is 4.22. The van der Waals surface area contributed by atoms with E-state index in [1.807, 2.05) is 7.05 Å². The molecule has 2 aromatic carbocycles. The van der Waals surface area contributed by atoms with Crippen LogP contribution in [0.1, 0.15) is 28.3 Å². The second kappa shape index (κ2) is 6.42. The molecule has 1 unspecified atom stereocenters. The first-order valence-electron chi connectivity index (χ1n) is 6.64. The molecule has 0 saturated carbocycles. The number of methoxy groups -OCH3 is 1. The smallest absolute Gasteiger partial charge is 0.124 e. The Balaban J connectivity index is 2.54. The molecule has 2 rings (SSSR count). The van der Waals surface area contributed by atoms with Gasteiger partial charge in [0, 0.05) is 10.0 Å². The fraction of sp³-hybridized carbons (Fsp3) is 0.294. The molecule has 0 spiro atoms. The average Bonchev–Trinajstić information content (AvgIpc) is 2.43. The number of rotatable bonds is 4. The number of ether oxygens (including phenoxy) is 1. The molecule has 3 heteroatoms. The van der Waals surface area contributed by atoms with E-state index in [9.17, 15) is 0 Å². The van der Waals surface area contributed by atoms with Crippen molar-refractivity contribution >= 4 is 15.9 Å². The fourth-order valence-electron chi connectivity index (χ4n) is 2.61. The highest BCUT2D eigenvalue weighted by atomic mass is 79.9. The quantitative estimate of drug-likeness (QED) is 0.896. The number of nitrogens with one attached hydrogen (secondary N) is 1. The molecule has 106 valence electrons. The van der Waals surface area contributed by atoms with E-state index in [-0.39, 0.29) is 6.04 Å². The van der Waals surface area contributed by atoms with Crippen LogP contribution in [0.25, 0.3) is 0 Å². The van der Waals surface area contributed by atoms with Crippen LogP contribution in [0.3, 0.4) is 0 Å². The molecule has 2 nitrogen and oxygen atoms in total. The van der Waals surface area contributed by atoms with Crippen LogP contribution in [-0.4, -0.2) is 14.2 Å². The summed E-state index contributed by atoms with van der Waals surface area (Å²) in [4.78, 5) is 0. The number of aryl methyl sites for hydroxylation is 2. The van der Waals surface area contributed by atoms with Gasteiger partial charge in [0.05, 0.1) is 13.2 Å². The lowest BCUT2D eigenvalue weighted by Gasteiger charge is -2.22. The molecular weight excluding hydrogens is 314 g/mol. The first kappa shape index (κ1) is 15.1. The van der Waals surface area contributed by atoms with Crippen molar-refractivity contribution < 1.29 is 4.74 Å². The lowest BCUT2D eigenvalue weighted by atomic mass is 9.93. The van der Waals surface area contributed by atoms with Gasteiger partial charge < -0.3 is 10.1 Å². The van der Waals surface area contributed by atoms with Gasteiger partial charge in [-0.1, -0.05) is 34.1 Å². The molecule has 0 saturated heterocycles. The van der Waals surface area contributed by atoms with Crippen molar-refractivity contribution in [3.8, 4) is 5.75 Å². The molecule has 1 N–H and O–H groups in total. The molecule has 0 fully saturated rings. The predicted molar refractivity (Wildman–Crippen MR) is 87.5 cm³/mol. The topological polar surface area (TPSA) is 21.3 Å². The van der Waals surface area contributed by atoms with E-state index in [0.29, 0.717) is 0 Å². The lowest BCUT2D eigenvalue weighted by Crippen LogP contribution is -2.19. The van der Waals surface area contributed by atoms with E-state index in [1.54, 1.807) is 7.11 Å². The van der Waals surface area contributed by atoms with E-state index in [1.165, 1.54) is 22.3 Å². The Morgan fingerprint density at radius 2 is 1.75 bits per heavy atom. The zero-order valence-electron chi connectivity index (χ0n) is 12.3. The minimum Gasteiger partial charge on any atom is -0.496 e. The molecule has 0 aliphatic heterocycles. The van der Waals surface area contributed by atoms with Gasteiger partial charge in [-0.05, 0) is 55.8 Å². The lowest BCUT2D eigenvalue weighted by molar-refractivity contribution is 0.404. The summed E-state index contributed by atoms with van der Waals surface area (Å²) in [7, 11) is 3.71. The number of hydrogen-bond acceptors (Lipinski definition) is 2. The first-order chi connectivity index (χ1) is 9.56. The molecular formula is C17H20BrNO. The summed E-state index contributed by atoms with van der Waals surface area (Å²) >= 11 is 3.48. The van der Waals surface area contributed by atoms with Crippen LogP contribution in [-0.2, 0) is 0 Å². The minimum absolute atomic E-state index is 0.124. The summed E-state index contributed by atoms with van der Waals surface area (Å²) in [6, 6.07) is 12.8. The molecule has 0 aliphatic rings. The van der Waals surface area contributed by atoms with Crippen LogP contribution in [0.5, 0.6) is 5.75 Å². The normalized spacial score (nSPS) is 12.2. The third-order valence-electron chi connectivity index (χ3n) is 3.49. The maximum absolute atomic E-state index is 5.59. The van der Waals surface area contributed by atoms with Gasteiger partial charge >= 0.3 is 0 Å². The molecule has 20 heavy (non-hydrogen) atoms. The second-order valence-electron chi connectivity index (χ2n) is 4.97. The summed E-state index contributed by atoms with van der Waals surface area (Å²) < 4.78 is 6.67. The highest BCUT2D eigenvalue weighted by Gasteiger charge is 2.19. The molecule has 1 atom stereocenters. The maximum Gasteiger partial charge on any atom is 0.124 e. The molecule has 0 aromatic heterocycles. The maximum atomic E-state index is 5.59. The minimum atomic E-state index is 0.124. The van der Waals surface area contributed by atoms with Crippen molar-refractivity contribution in [1.82, 2.24) is 5.32 Å². The molecule has 0 heterocycles. The van der Waals surface area contributed by atoms with E-state index < -0.39 is 0 Å². The van der Waals surface area contributed by atoms with Gasteiger partial charge in [0.2, 0.25) is 0 Å². The molecule has 2 aromatic rings. The number of benzene rings is 2. The van der Waals surface area contributed by atoms with Crippen LogP contribution < -0.4 is 10.1 Å². The van der Waals surface area contributed by atoms with Crippen LogP contribution in [0.2, 0.25) is 0 Å². The van der Waals surface area contributed by atoms with E-state index in [2.05, 4.69) is 71.5 Å². The Morgan fingerprint density at radius 3 is 2.30 bits per heavy atom. The van der Waals surface area contributed by atoms with Crippen molar-refractivity contribution in [3.63, 3.8) is 0 Å². The van der Waals surface area contributed by atoms with Gasteiger partial charge in [-0.2, -0.15) is 0 Å². The summed E-state index contributed by atoms with van der Waals surface area (Å²) in [6.07, 6.45) is 0.